The predicted molar refractivity (Wildman–Crippen MR) is 162 cm³/mol. The summed E-state index contributed by atoms with van der Waals surface area (Å²) >= 11 is 12.9. The zero-order chi connectivity index (χ0) is 29.4. The predicted octanol–water partition coefficient (Wildman–Crippen LogP) is 5.68. The lowest BCUT2D eigenvalue weighted by Crippen LogP contribution is -2.42. The first-order chi connectivity index (χ1) is 18.9. The van der Waals surface area contributed by atoms with E-state index in [-0.39, 0.29) is 32.7 Å². The number of unbranched alkanes of at least 4 members (excludes halogenated alkanes) is 1. The van der Waals surface area contributed by atoms with E-state index >= 15 is 0 Å². The van der Waals surface area contributed by atoms with Crippen molar-refractivity contribution in [1.29, 1.82) is 0 Å². The number of carboxylic acids is 1. The Morgan fingerprint density at radius 2 is 1.65 bits per heavy atom. The first-order valence-corrected chi connectivity index (χ1v) is 17.1. The minimum absolute atomic E-state index is 0.0237. The van der Waals surface area contributed by atoms with Crippen molar-refractivity contribution >= 4 is 58.1 Å². The number of hydrogen-bond donors (Lipinski definition) is 3. The van der Waals surface area contributed by atoms with Gasteiger partial charge in [-0.3, -0.25) is 4.79 Å². The molecule has 0 bridgehead atoms. The van der Waals surface area contributed by atoms with Gasteiger partial charge in [0, 0.05) is 12.7 Å². The van der Waals surface area contributed by atoms with Gasteiger partial charge in [0.1, 0.15) is 11.8 Å². The molecule has 0 heterocycles. The Labute approximate surface area is 246 Å². The van der Waals surface area contributed by atoms with Gasteiger partial charge in [0.25, 0.3) is 5.91 Å². The third-order valence-electron chi connectivity index (χ3n) is 6.35. The fourth-order valence-corrected chi connectivity index (χ4v) is 8.20. The van der Waals surface area contributed by atoms with Crippen molar-refractivity contribution in [2.75, 3.05) is 18.6 Å². The molecule has 3 N–H and O–H groups in total. The van der Waals surface area contributed by atoms with Gasteiger partial charge >= 0.3 is 5.97 Å². The molecule has 0 saturated heterocycles. The third kappa shape index (κ3) is 8.93. The number of sulfone groups is 1. The Bertz CT molecular complexity index is 1460. The summed E-state index contributed by atoms with van der Waals surface area (Å²) in [5.74, 6) is -1.78. The van der Waals surface area contributed by atoms with Crippen molar-refractivity contribution in [1.82, 2.24) is 5.32 Å². The van der Waals surface area contributed by atoms with Crippen LogP contribution in [0.5, 0.6) is 5.75 Å². The molecule has 0 aliphatic heterocycles. The van der Waals surface area contributed by atoms with Crippen molar-refractivity contribution in [3.8, 4) is 5.75 Å². The molecule has 0 spiro atoms. The Kier molecular flexibility index (Phi) is 11.4. The van der Waals surface area contributed by atoms with Gasteiger partial charge in [-0.25, -0.2) is 13.2 Å². The fraction of sp³-hybridized carbons (Fsp3) is 0.310. The highest BCUT2D eigenvalue weighted by Crippen LogP contribution is 2.38. The molecule has 2 unspecified atom stereocenters. The molecule has 0 saturated carbocycles. The highest BCUT2D eigenvalue weighted by Gasteiger charge is 2.25. The van der Waals surface area contributed by atoms with Crippen LogP contribution in [0.2, 0.25) is 10.0 Å². The zero-order valence-electron chi connectivity index (χ0n) is 22.2. The molecule has 7 nitrogen and oxygen atoms in total. The van der Waals surface area contributed by atoms with Crippen LogP contribution in [0.25, 0.3) is 0 Å². The van der Waals surface area contributed by atoms with Crippen LogP contribution >= 0.6 is 31.1 Å². The summed E-state index contributed by atoms with van der Waals surface area (Å²) in [6.07, 6.45) is 5.63. The van der Waals surface area contributed by atoms with Gasteiger partial charge in [0.05, 0.1) is 20.5 Å². The molecule has 3 rings (SSSR count). The molecule has 11 heteroatoms. The molecule has 3 aromatic carbocycles. The number of aliphatic carboxylic acids is 1. The number of aryl methyl sites for hydroxylation is 1. The number of halogens is 2. The number of phenols is 1. The first kappa shape index (κ1) is 31.9. The molecule has 0 aliphatic carbocycles. The van der Waals surface area contributed by atoms with Gasteiger partial charge < -0.3 is 15.5 Å². The van der Waals surface area contributed by atoms with E-state index in [0.717, 1.165) is 42.3 Å². The molecule has 40 heavy (non-hydrogen) atoms. The maximum absolute atomic E-state index is 13.1. The molecule has 0 radical (unpaired) electrons. The molecular weight excluding hydrogens is 592 g/mol. The molecular formula is C29H32Cl2NO6PS. The Morgan fingerprint density at radius 3 is 2.25 bits per heavy atom. The van der Waals surface area contributed by atoms with Gasteiger partial charge in [0.15, 0.2) is 9.84 Å². The first-order valence-electron chi connectivity index (χ1n) is 12.7. The lowest BCUT2D eigenvalue weighted by molar-refractivity contribution is -0.139. The van der Waals surface area contributed by atoms with E-state index in [4.69, 9.17) is 23.2 Å². The second-order valence-corrected chi connectivity index (χ2v) is 14.9. The van der Waals surface area contributed by atoms with Crippen LogP contribution < -0.4 is 10.6 Å². The minimum Gasteiger partial charge on any atom is -0.508 e. The maximum atomic E-state index is 13.1. The Hall–Kier alpha value is -2.64. The van der Waals surface area contributed by atoms with Gasteiger partial charge in [-0.2, -0.15) is 0 Å². The number of phenolic OH excluding ortho intramolecular Hbond substituents is 1. The second-order valence-electron chi connectivity index (χ2n) is 9.53. The largest absolute Gasteiger partial charge is 0.508 e. The fourth-order valence-electron chi connectivity index (χ4n) is 4.23. The number of carboxylic acid groups (broad SMARTS) is 1. The number of amides is 1. The molecule has 3 aromatic rings. The summed E-state index contributed by atoms with van der Waals surface area (Å²) < 4.78 is 23.7. The number of carbonyl (C=O) groups is 2. The number of carbonyl (C=O) groups excluding carboxylic acids is 1. The summed E-state index contributed by atoms with van der Waals surface area (Å²) in [7, 11) is -4.00. The van der Waals surface area contributed by atoms with Crippen LogP contribution in [0, 0.1) is 0 Å². The minimum atomic E-state index is -3.48. The van der Waals surface area contributed by atoms with E-state index in [9.17, 15) is 28.2 Å². The van der Waals surface area contributed by atoms with Crippen LogP contribution in [0.3, 0.4) is 0 Å². The van der Waals surface area contributed by atoms with E-state index in [2.05, 4.69) is 12.2 Å². The van der Waals surface area contributed by atoms with Crippen molar-refractivity contribution in [2.45, 2.75) is 43.5 Å². The van der Waals surface area contributed by atoms with E-state index < -0.39 is 35.7 Å². The lowest BCUT2D eigenvalue weighted by atomic mass is 10.0. The normalized spacial score (nSPS) is 13.0. The van der Waals surface area contributed by atoms with E-state index in [1.54, 1.807) is 24.3 Å². The average Bonchev–Trinajstić information content (AvgIpc) is 2.87. The molecule has 1 amide bonds. The van der Waals surface area contributed by atoms with Crippen molar-refractivity contribution in [3.63, 3.8) is 0 Å². The van der Waals surface area contributed by atoms with E-state index in [1.165, 1.54) is 18.2 Å². The number of benzene rings is 3. The molecule has 214 valence electrons. The average molecular weight is 625 g/mol. The van der Waals surface area contributed by atoms with Crippen LogP contribution in [-0.4, -0.2) is 55.1 Å². The van der Waals surface area contributed by atoms with Gasteiger partial charge in [-0.1, -0.05) is 68.7 Å². The van der Waals surface area contributed by atoms with E-state index in [1.807, 2.05) is 18.2 Å². The summed E-state index contributed by atoms with van der Waals surface area (Å²) in [6, 6.07) is 15.3. The standard InChI is InChI=1S/C29H32Cl2NO6PS/c1-3-4-12-39(22-9-6-8-21(33)18-22)13-11-20-15-24(30)27(25(31)16-20)28(34)32-26(29(35)36)17-19-7-5-10-23(14-19)40(2,37)38/h5-10,14-16,18,26,33H,3-4,11-13,17H2,1-2H3,(H,32,34)(H,35,36). The van der Waals surface area contributed by atoms with Crippen molar-refractivity contribution < 1.29 is 28.2 Å². The SMILES string of the molecule is CCCCP(CCc1cc(Cl)c(C(=O)NC(Cc2cccc(S(C)(=O)=O)c2)C(=O)O)c(Cl)c1)c1cccc(O)c1. The third-order valence-corrected chi connectivity index (χ3v) is 10.7. The Morgan fingerprint density at radius 1 is 0.975 bits per heavy atom. The van der Waals surface area contributed by atoms with Crippen molar-refractivity contribution in [3.05, 3.63) is 87.4 Å². The summed E-state index contributed by atoms with van der Waals surface area (Å²) in [6.45, 7) is 2.14. The quantitative estimate of drug-likeness (QED) is 0.211. The molecule has 0 aromatic heterocycles. The lowest BCUT2D eigenvalue weighted by Gasteiger charge is -2.19. The summed E-state index contributed by atoms with van der Waals surface area (Å²) in [4.78, 5) is 25.1. The number of nitrogens with one attached hydrogen (secondary N) is 1. The summed E-state index contributed by atoms with van der Waals surface area (Å²) in [5.41, 5.74) is 1.27. The highest BCUT2D eigenvalue weighted by atomic mass is 35.5. The smallest absolute Gasteiger partial charge is 0.326 e. The van der Waals surface area contributed by atoms with Gasteiger partial charge in [0.2, 0.25) is 0 Å². The molecule has 0 aliphatic rings. The highest BCUT2D eigenvalue weighted by molar-refractivity contribution is 7.90. The van der Waals surface area contributed by atoms with Crippen LogP contribution in [-0.2, 0) is 27.5 Å². The van der Waals surface area contributed by atoms with Crippen LogP contribution in [0.1, 0.15) is 41.3 Å². The van der Waals surface area contributed by atoms with Crippen LogP contribution in [0.15, 0.2) is 65.6 Å². The summed E-state index contributed by atoms with van der Waals surface area (Å²) in [5, 5.41) is 23.5. The molecule has 2 atom stereocenters. The second kappa shape index (κ2) is 14.3. The zero-order valence-corrected chi connectivity index (χ0v) is 25.5. The topological polar surface area (TPSA) is 121 Å². The van der Waals surface area contributed by atoms with Crippen molar-refractivity contribution in [2.24, 2.45) is 0 Å². The van der Waals surface area contributed by atoms with Gasteiger partial charge in [-0.15, -0.1) is 0 Å². The number of aromatic hydroxyl groups is 1. The number of rotatable bonds is 13. The molecule has 0 fully saturated rings. The van der Waals surface area contributed by atoms with E-state index in [0.29, 0.717) is 12.0 Å². The van der Waals surface area contributed by atoms with Crippen LogP contribution in [0.4, 0.5) is 0 Å². The monoisotopic (exact) mass is 623 g/mol. The Balaban J connectivity index is 1.75. The number of hydrogen-bond acceptors (Lipinski definition) is 5. The maximum Gasteiger partial charge on any atom is 0.326 e. The van der Waals surface area contributed by atoms with Gasteiger partial charge in [-0.05, 0) is 78.0 Å².